The summed E-state index contributed by atoms with van der Waals surface area (Å²) < 4.78 is 3.37. The van der Waals surface area contributed by atoms with Crippen molar-refractivity contribution in [2.75, 3.05) is 0 Å². The minimum Gasteiger partial charge on any atom is -0.293 e. The van der Waals surface area contributed by atoms with Crippen LogP contribution in [0.2, 0.25) is 0 Å². The molecule has 0 atom stereocenters. The Labute approximate surface area is 82.2 Å². The van der Waals surface area contributed by atoms with Gasteiger partial charge in [-0.15, -0.1) is 0 Å². The average molecular weight is 188 g/mol. The maximum absolute atomic E-state index is 11.7. The second-order valence-electron chi connectivity index (χ2n) is 3.31. The topological polar surface area (TPSA) is 26.9 Å². The molecule has 0 aliphatic rings. The van der Waals surface area contributed by atoms with Crippen molar-refractivity contribution in [3.05, 3.63) is 46.9 Å². The fraction of sp³-hybridized carbons (Fsp3) is 0.182. The molecule has 0 unspecified atom stereocenters. The fourth-order valence-electron chi connectivity index (χ4n) is 1.46. The number of nitrogens with zero attached hydrogens (tertiary/aromatic N) is 2. The van der Waals surface area contributed by atoms with Gasteiger partial charge in [-0.3, -0.25) is 14.2 Å². The Kier molecular flexibility index (Phi) is 2.00. The Balaban J connectivity index is 2.64. The summed E-state index contributed by atoms with van der Waals surface area (Å²) in [5, 5.41) is 0. The molecule has 1 aromatic carbocycles. The lowest BCUT2D eigenvalue weighted by Gasteiger charge is -1.94. The van der Waals surface area contributed by atoms with E-state index in [-0.39, 0.29) is 5.56 Å². The van der Waals surface area contributed by atoms with E-state index in [2.05, 4.69) is 0 Å². The molecular weight excluding hydrogens is 176 g/mol. The molecule has 0 fully saturated rings. The SMILES string of the molecule is Cn1cc(-c2ccccc2)c(=O)n1C. The molecule has 0 saturated carbocycles. The third-order valence-corrected chi connectivity index (χ3v) is 2.40. The Morgan fingerprint density at radius 1 is 1.07 bits per heavy atom. The maximum atomic E-state index is 11.7. The lowest BCUT2D eigenvalue weighted by Crippen LogP contribution is -2.17. The predicted molar refractivity (Wildman–Crippen MR) is 56.1 cm³/mol. The highest BCUT2D eigenvalue weighted by Gasteiger charge is 2.07. The van der Waals surface area contributed by atoms with Crippen LogP contribution in [0.3, 0.4) is 0 Å². The third-order valence-electron chi connectivity index (χ3n) is 2.40. The summed E-state index contributed by atoms with van der Waals surface area (Å²) in [5.74, 6) is 0. The number of hydrogen-bond donors (Lipinski definition) is 0. The minimum absolute atomic E-state index is 0.0405. The van der Waals surface area contributed by atoms with Crippen molar-refractivity contribution in [2.45, 2.75) is 0 Å². The molecule has 0 spiro atoms. The lowest BCUT2D eigenvalue weighted by atomic mass is 10.1. The van der Waals surface area contributed by atoms with Gasteiger partial charge in [0.15, 0.2) is 0 Å². The molecule has 0 bridgehead atoms. The molecular formula is C11H12N2O. The van der Waals surface area contributed by atoms with Crippen molar-refractivity contribution in [2.24, 2.45) is 14.1 Å². The van der Waals surface area contributed by atoms with Crippen LogP contribution < -0.4 is 5.56 Å². The molecule has 3 nitrogen and oxygen atoms in total. The smallest absolute Gasteiger partial charge is 0.274 e. The molecule has 14 heavy (non-hydrogen) atoms. The summed E-state index contributed by atoms with van der Waals surface area (Å²) >= 11 is 0. The van der Waals surface area contributed by atoms with E-state index in [1.165, 1.54) is 0 Å². The standard InChI is InChI=1S/C11H12N2O/c1-12-8-10(11(14)13(12)2)9-6-4-3-5-7-9/h3-8H,1-2H3. The van der Waals surface area contributed by atoms with Crippen molar-refractivity contribution >= 4 is 0 Å². The van der Waals surface area contributed by atoms with Crippen LogP contribution in [0.25, 0.3) is 11.1 Å². The van der Waals surface area contributed by atoms with Gasteiger partial charge >= 0.3 is 0 Å². The van der Waals surface area contributed by atoms with Crippen LogP contribution in [-0.2, 0) is 14.1 Å². The first kappa shape index (κ1) is 8.81. The van der Waals surface area contributed by atoms with Gasteiger partial charge in [0.25, 0.3) is 5.56 Å². The Morgan fingerprint density at radius 2 is 1.71 bits per heavy atom. The second-order valence-corrected chi connectivity index (χ2v) is 3.31. The number of aromatic nitrogens is 2. The zero-order valence-corrected chi connectivity index (χ0v) is 8.27. The van der Waals surface area contributed by atoms with E-state index in [0.29, 0.717) is 0 Å². The molecule has 0 aliphatic heterocycles. The van der Waals surface area contributed by atoms with Gasteiger partial charge in [-0.1, -0.05) is 30.3 Å². The van der Waals surface area contributed by atoms with Crippen molar-refractivity contribution in [1.29, 1.82) is 0 Å². The maximum Gasteiger partial charge on any atom is 0.274 e. The number of hydrogen-bond acceptors (Lipinski definition) is 1. The van der Waals surface area contributed by atoms with Gasteiger partial charge in [-0.25, -0.2) is 0 Å². The van der Waals surface area contributed by atoms with Crippen LogP contribution in [0.5, 0.6) is 0 Å². The van der Waals surface area contributed by atoms with Crippen molar-refractivity contribution < 1.29 is 0 Å². The first-order valence-electron chi connectivity index (χ1n) is 4.48. The zero-order chi connectivity index (χ0) is 10.1. The minimum atomic E-state index is 0.0405. The summed E-state index contributed by atoms with van der Waals surface area (Å²) in [6, 6.07) is 9.69. The van der Waals surface area contributed by atoms with Crippen LogP contribution in [-0.4, -0.2) is 9.36 Å². The molecule has 0 saturated heterocycles. The zero-order valence-electron chi connectivity index (χ0n) is 8.27. The van der Waals surface area contributed by atoms with Crippen LogP contribution in [0.4, 0.5) is 0 Å². The summed E-state index contributed by atoms with van der Waals surface area (Å²) in [5.41, 5.74) is 1.75. The molecule has 2 aromatic rings. The normalized spacial score (nSPS) is 10.4. The lowest BCUT2D eigenvalue weighted by molar-refractivity contribution is 0.579. The van der Waals surface area contributed by atoms with E-state index in [1.807, 2.05) is 43.6 Å². The van der Waals surface area contributed by atoms with Crippen LogP contribution >= 0.6 is 0 Å². The molecule has 3 heteroatoms. The van der Waals surface area contributed by atoms with E-state index < -0.39 is 0 Å². The quantitative estimate of drug-likeness (QED) is 0.664. The average Bonchev–Trinajstić information content (AvgIpc) is 2.47. The Morgan fingerprint density at radius 3 is 2.21 bits per heavy atom. The highest BCUT2D eigenvalue weighted by Crippen LogP contribution is 2.13. The predicted octanol–water partition coefficient (Wildman–Crippen LogP) is 1.39. The van der Waals surface area contributed by atoms with Gasteiger partial charge in [0.2, 0.25) is 0 Å². The van der Waals surface area contributed by atoms with E-state index in [9.17, 15) is 4.79 Å². The van der Waals surface area contributed by atoms with E-state index >= 15 is 0 Å². The van der Waals surface area contributed by atoms with Crippen molar-refractivity contribution in [3.8, 4) is 11.1 Å². The second kappa shape index (κ2) is 3.18. The molecule has 0 radical (unpaired) electrons. The fourth-order valence-corrected chi connectivity index (χ4v) is 1.46. The van der Waals surface area contributed by atoms with Crippen molar-refractivity contribution in [3.63, 3.8) is 0 Å². The summed E-state index contributed by atoms with van der Waals surface area (Å²) in [6.07, 6.45) is 1.84. The summed E-state index contributed by atoms with van der Waals surface area (Å²) in [4.78, 5) is 11.7. The summed E-state index contributed by atoms with van der Waals surface area (Å²) in [7, 11) is 3.61. The van der Waals surface area contributed by atoms with Gasteiger partial charge in [-0.05, 0) is 5.56 Å². The Hall–Kier alpha value is -1.77. The molecule has 0 aliphatic carbocycles. The molecule has 72 valence electrons. The molecule has 0 amide bonds. The monoisotopic (exact) mass is 188 g/mol. The molecule has 1 heterocycles. The van der Waals surface area contributed by atoms with E-state index in [0.717, 1.165) is 11.1 Å². The molecule has 1 aromatic heterocycles. The molecule has 0 N–H and O–H groups in total. The van der Waals surface area contributed by atoms with Crippen LogP contribution in [0.1, 0.15) is 0 Å². The van der Waals surface area contributed by atoms with E-state index in [1.54, 1.807) is 16.4 Å². The number of aryl methyl sites for hydroxylation is 1. The van der Waals surface area contributed by atoms with Crippen LogP contribution in [0.15, 0.2) is 41.3 Å². The highest BCUT2D eigenvalue weighted by atomic mass is 16.1. The number of rotatable bonds is 1. The first-order valence-corrected chi connectivity index (χ1v) is 4.48. The molecule has 2 rings (SSSR count). The third kappa shape index (κ3) is 1.27. The Bertz CT molecular complexity index is 494. The highest BCUT2D eigenvalue weighted by molar-refractivity contribution is 5.61. The summed E-state index contributed by atoms with van der Waals surface area (Å²) in [6.45, 7) is 0. The van der Waals surface area contributed by atoms with Crippen molar-refractivity contribution in [1.82, 2.24) is 9.36 Å². The van der Waals surface area contributed by atoms with Gasteiger partial charge in [0.05, 0.1) is 5.56 Å². The van der Waals surface area contributed by atoms with E-state index in [4.69, 9.17) is 0 Å². The van der Waals surface area contributed by atoms with Gasteiger partial charge in [0.1, 0.15) is 0 Å². The largest absolute Gasteiger partial charge is 0.293 e. The van der Waals surface area contributed by atoms with Gasteiger partial charge < -0.3 is 0 Å². The van der Waals surface area contributed by atoms with Gasteiger partial charge in [0, 0.05) is 20.3 Å². The first-order chi connectivity index (χ1) is 6.70. The van der Waals surface area contributed by atoms with Crippen LogP contribution in [0, 0.1) is 0 Å². The number of benzene rings is 1. The van der Waals surface area contributed by atoms with Gasteiger partial charge in [-0.2, -0.15) is 0 Å².